The molecule has 1 aliphatic heterocycles. The van der Waals surface area contributed by atoms with Gasteiger partial charge < -0.3 is 4.74 Å². The molecule has 0 N–H and O–H groups in total. The lowest BCUT2D eigenvalue weighted by Crippen LogP contribution is -2.08. The second-order valence-corrected chi connectivity index (χ2v) is 6.18. The molecular weight excluding hydrogens is 284 g/mol. The molecule has 4 rings (SSSR count). The first-order valence-corrected chi connectivity index (χ1v) is 8.10. The van der Waals surface area contributed by atoms with Gasteiger partial charge in [0.15, 0.2) is 0 Å². The fourth-order valence-corrected chi connectivity index (χ4v) is 3.12. The number of hydrogen-bond acceptors (Lipinski definition) is 2. The lowest BCUT2D eigenvalue weighted by molar-refractivity contribution is 0.288. The van der Waals surface area contributed by atoms with E-state index in [0.717, 1.165) is 36.6 Å². The van der Waals surface area contributed by atoms with E-state index in [-0.39, 0.29) is 0 Å². The summed E-state index contributed by atoms with van der Waals surface area (Å²) >= 11 is 0. The molecule has 3 heteroatoms. The highest BCUT2D eigenvalue weighted by molar-refractivity contribution is 5.69. The van der Waals surface area contributed by atoms with Crippen LogP contribution in [0, 0.1) is 13.8 Å². The third-order valence-electron chi connectivity index (χ3n) is 4.42. The Morgan fingerprint density at radius 1 is 1.00 bits per heavy atom. The summed E-state index contributed by atoms with van der Waals surface area (Å²) in [4.78, 5) is 0. The van der Waals surface area contributed by atoms with Gasteiger partial charge in [-0.15, -0.1) is 0 Å². The molecule has 0 saturated heterocycles. The molecule has 0 amide bonds. The van der Waals surface area contributed by atoms with Crippen molar-refractivity contribution >= 4 is 0 Å². The van der Waals surface area contributed by atoms with Crippen molar-refractivity contribution < 1.29 is 4.74 Å². The van der Waals surface area contributed by atoms with E-state index in [1.54, 1.807) is 0 Å². The molecule has 0 spiro atoms. The molecule has 23 heavy (non-hydrogen) atoms. The van der Waals surface area contributed by atoms with Gasteiger partial charge in [0.25, 0.3) is 0 Å². The van der Waals surface area contributed by atoms with Crippen LogP contribution in [0.25, 0.3) is 16.8 Å². The minimum atomic E-state index is 0.833. The average molecular weight is 304 g/mol. The second-order valence-electron chi connectivity index (χ2n) is 6.18. The zero-order valence-corrected chi connectivity index (χ0v) is 13.5. The summed E-state index contributed by atoms with van der Waals surface area (Å²) in [6.07, 6.45) is 4.21. The van der Waals surface area contributed by atoms with Gasteiger partial charge in [-0.1, -0.05) is 18.2 Å². The summed E-state index contributed by atoms with van der Waals surface area (Å²) < 4.78 is 7.67. The van der Waals surface area contributed by atoms with Crippen molar-refractivity contribution in [3.63, 3.8) is 0 Å². The molecule has 1 aromatic heterocycles. The van der Waals surface area contributed by atoms with Crippen molar-refractivity contribution in [2.24, 2.45) is 0 Å². The highest BCUT2D eigenvalue weighted by atomic mass is 16.5. The van der Waals surface area contributed by atoms with Crippen molar-refractivity contribution in [3.8, 4) is 22.6 Å². The number of aromatic nitrogens is 2. The van der Waals surface area contributed by atoms with E-state index < -0.39 is 0 Å². The molecule has 0 aliphatic carbocycles. The summed E-state index contributed by atoms with van der Waals surface area (Å²) in [7, 11) is 0. The predicted molar refractivity (Wildman–Crippen MR) is 92.3 cm³/mol. The van der Waals surface area contributed by atoms with Crippen LogP contribution >= 0.6 is 0 Å². The van der Waals surface area contributed by atoms with E-state index in [1.807, 2.05) is 23.9 Å². The zero-order chi connectivity index (χ0) is 15.8. The fourth-order valence-electron chi connectivity index (χ4n) is 3.12. The van der Waals surface area contributed by atoms with E-state index >= 15 is 0 Å². The van der Waals surface area contributed by atoms with Gasteiger partial charge in [-0.3, -0.25) is 0 Å². The third kappa shape index (κ3) is 2.63. The van der Waals surface area contributed by atoms with Crippen LogP contribution in [-0.4, -0.2) is 16.4 Å². The number of nitrogens with zero attached hydrogens (tertiary/aromatic N) is 2. The first kappa shape index (κ1) is 14.1. The highest BCUT2D eigenvalue weighted by Crippen LogP contribution is 2.31. The molecule has 0 unspecified atom stereocenters. The number of rotatable bonds is 2. The molecule has 0 fully saturated rings. The van der Waals surface area contributed by atoms with Crippen molar-refractivity contribution in [2.45, 2.75) is 26.7 Å². The molecule has 0 saturated carbocycles. The smallest absolute Gasteiger partial charge is 0.122 e. The summed E-state index contributed by atoms with van der Waals surface area (Å²) in [5.74, 6) is 1.04. The Morgan fingerprint density at radius 3 is 2.65 bits per heavy atom. The van der Waals surface area contributed by atoms with Crippen LogP contribution in [0.2, 0.25) is 0 Å². The van der Waals surface area contributed by atoms with Crippen molar-refractivity contribution in [3.05, 3.63) is 65.5 Å². The van der Waals surface area contributed by atoms with Gasteiger partial charge in [-0.05, 0) is 73.2 Å². The fraction of sp³-hybridized carbons (Fsp3) is 0.250. The molecule has 1 aliphatic rings. The Bertz CT molecular complexity index is 864. The first-order chi connectivity index (χ1) is 11.2. The zero-order valence-electron chi connectivity index (χ0n) is 13.5. The van der Waals surface area contributed by atoms with E-state index in [9.17, 15) is 0 Å². The molecular formula is C20H20N2O. The van der Waals surface area contributed by atoms with Gasteiger partial charge in [-0.2, -0.15) is 5.10 Å². The molecule has 116 valence electrons. The molecule has 0 radical (unpaired) electrons. The van der Waals surface area contributed by atoms with Crippen molar-refractivity contribution in [2.75, 3.05) is 6.61 Å². The molecule has 2 heterocycles. The van der Waals surface area contributed by atoms with Gasteiger partial charge in [0.1, 0.15) is 5.75 Å². The Morgan fingerprint density at radius 2 is 1.83 bits per heavy atom. The van der Waals surface area contributed by atoms with Crippen LogP contribution < -0.4 is 4.74 Å². The van der Waals surface area contributed by atoms with E-state index in [1.165, 1.54) is 22.3 Å². The summed E-state index contributed by atoms with van der Waals surface area (Å²) in [5.41, 5.74) is 7.14. The Hall–Kier alpha value is -2.55. The highest BCUT2D eigenvalue weighted by Gasteiger charge is 2.12. The van der Waals surface area contributed by atoms with Gasteiger partial charge in [-0.25, -0.2) is 4.68 Å². The minimum absolute atomic E-state index is 0.833. The number of hydrogen-bond donors (Lipinski definition) is 0. The maximum Gasteiger partial charge on any atom is 0.122 e. The number of fused-ring (bicyclic) bond motifs is 1. The minimum Gasteiger partial charge on any atom is -0.493 e. The topological polar surface area (TPSA) is 27.1 Å². The van der Waals surface area contributed by atoms with Gasteiger partial charge >= 0.3 is 0 Å². The maximum atomic E-state index is 5.72. The molecule has 0 bridgehead atoms. The van der Waals surface area contributed by atoms with Crippen molar-refractivity contribution in [1.82, 2.24) is 9.78 Å². The van der Waals surface area contributed by atoms with Crippen LogP contribution in [0.15, 0.2) is 48.7 Å². The lowest BCUT2D eigenvalue weighted by atomic mass is 9.98. The van der Waals surface area contributed by atoms with Crippen LogP contribution in [-0.2, 0) is 6.42 Å². The van der Waals surface area contributed by atoms with Crippen LogP contribution in [0.4, 0.5) is 0 Å². The summed E-state index contributed by atoms with van der Waals surface area (Å²) in [5, 5.41) is 4.54. The Kier molecular flexibility index (Phi) is 3.41. The summed E-state index contributed by atoms with van der Waals surface area (Å²) in [6, 6.07) is 15.1. The summed E-state index contributed by atoms with van der Waals surface area (Å²) in [6.45, 7) is 4.97. The van der Waals surface area contributed by atoms with Gasteiger partial charge in [0.05, 0.1) is 18.0 Å². The molecule has 3 nitrogen and oxygen atoms in total. The lowest BCUT2D eigenvalue weighted by Gasteiger charge is -2.18. The molecule has 2 aromatic carbocycles. The van der Waals surface area contributed by atoms with Crippen LogP contribution in [0.1, 0.15) is 23.2 Å². The predicted octanol–water partition coefficient (Wildman–Crippen LogP) is 4.48. The monoisotopic (exact) mass is 304 g/mol. The Balaban J connectivity index is 1.78. The number of benzene rings is 2. The molecule has 0 atom stereocenters. The third-order valence-corrected chi connectivity index (χ3v) is 4.42. The second kappa shape index (κ2) is 5.58. The Labute approximate surface area is 136 Å². The molecule has 3 aromatic rings. The number of ether oxygens (including phenoxy) is 1. The normalized spacial score (nSPS) is 13.5. The van der Waals surface area contributed by atoms with Crippen LogP contribution in [0.5, 0.6) is 5.75 Å². The van der Waals surface area contributed by atoms with Crippen LogP contribution in [0.3, 0.4) is 0 Å². The standard InChI is InChI=1S/C20H20N2O/c1-14-5-6-17(13-19(14)22-10-9-15(2)21-22)16-7-8-20-18(12-16)4-3-11-23-20/h5-10,12-13H,3-4,11H2,1-2H3. The van der Waals surface area contributed by atoms with Gasteiger partial charge in [0.2, 0.25) is 0 Å². The van der Waals surface area contributed by atoms with E-state index in [2.05, 4.69) is 48.4 Å². The number of aryl methyl sites for hydroxylation is 3. The SMILES string of the molecule is Cc1ccn(-c2cc(-c3ccc4c(c3)CCCO4)ccc2C)n1. The van der Waals surface area contributed by atoms with E-state index in [4.69, 9.17) is 4.74 Å². The van der Waals surface area contributed by atoms with Gasteiger partial charge in [0, 0.05) is 6.20 Å². The largest absolute Gasteiger partial charge is 0.493 e. The van der Waals surface area contributed by atoms with E-state index in [0.29, 0.717) is 0 Å². The maximum absolute atomic E-state index is 5.72. The average Bonchev–Trinajstić information content (AvgIpc) is 3.01. The quantitative estimate of drug-likeness (QED) is 0.698. The van der Waals surface area contributed by atoms with Crippen molar-refractivity contribution in [1.29, 1.82) is 0 Å². The first-order valence-electron chi connectivity index (χ1n) is 8.10.